The van der Waals surface area contributed by atoms with Crippen molar-refractivity contribution in [3.63, 3.8) is 0 Å². The molecular formula is C14H18FN3. The molecule has 1 aromatic heterocycles. The smallest absolute Gasteiger partial charge is 0.203 e. The van der Waals surface area contributed by atoms with E-state index in [-0.39, 0.29) is 11.9 Å². The molecule has 2 rings (SSSR count). The number of benzene rings is 1. The number of hydrogen-bond acceptors (Lipinski definition) is 2. The van der Waals surface area contributed by atoms with Crippen molar-refractivity contribution >= 4 is 5.95 Å². The molecule has 0 saturated heterocycles. The largest absolute Gasteiger partial charge is 0.349 e. The van der Waals surface area contributed by atoms with Gasteiger partial charge in [-0.25, -0.2) is 9.37 Å². The van der Waals surface area contributed by atoms with Gasteiger partial charge in [-0.2, -0.15) is 0 Å². The Bertz CT molecular complexity index is 502. The molecule has 18 heavy (non-hydrogen) atoms. The number of aromatic nitrogens is 2. The summed E-state index contributed by atoms with van der Waals surface area (Å²) in [6.07, 6.45) is 3.73. The van der Waals surface area contributed by atoms with Crippen LogP contribution in [0.2, 0.25) is 0 Å². The molecule has 0 aliphatic carbocycles. The van der Waals surface area contributed by atoms with Gasteiger partial charge in [-0.1, -0.05) is 12.1 Å². The Kier molecular flexibility index (Phi) is 3.65. The lowest BCUT2D eigenvalue weighted by Gasteiger charge is -2.18. The molecule has 3 nitrogen and oxygen atoms in total. The van der Waals surface area contributed by atoms with Crippen LogP contribution in [0.1, 0.15) is 38.4 Å². The molecule has 0 bridgehead atoms. The second-order valence-electron chi connectivity index (χ2n) is 4.67. The van der Waals surface area contributed by atoms with Crippen LogP contribution >= 0.6 is 0 Å². The fourth-order valence-electron chi connectivity index (χ4n) is 1.87. The van der Waals surface area contributed by atoms with Gasteiger partial charge in [0, 0.05) is 18.4 Å². The van der Waals surface area contributed by atoms with Crippen molar-refractivity contribution in [2.45, 2.75) is 32.9 Å². The van der Waals surface area contributed by atoms with Gasteiger partial charge in [0.25, 0.3) is 0 Å². The first-order valence-corrected chi connectivity index (χ1v) is 6.12. The van der Waals surface area contributed by atoms with Gasteiger partial charge in [0.15, 0.2) is 0 Å². The molecule has 96 valence electrons. The van der Waals surface area contributed by atoms with E-state index in [2.05, 4.69) is 28.7 Å². The minimum Gasteiger partial charge on any atom is -0.349 e. The van der Waals surface area contributed by atoms with Crippen LogP contribution in [0.25, 0.3) is 0 Å². The lowest BCUT2D eigenvalue weighted by atomic mass is 10.1. The molecule has 0 amide bonds. The number of halogens is 1. The zero-order valence-electron chi connectivity index (χ0n) is 10.9. The van der Waals surface area contributed by atoms with E-state index >= 15 is 0 Å². The number of rotatable bonds is 4. The van der Waals surface area contributed by atoms with Crippen LogP contribution in [0.5, 0.6) is 0 Å². The van der Waals surface area contributed by atoms with Crippen molar-refractivity contribution in [3.05, 3.63) is 48.0 Å². The van der Waals surface area contributed by atoms with Crippen molar-refractivity contribution in [2.75, 3.05) is 5.32 Å². The fraction of sp³-hybridized carbons (Fsp3) is 0.357. The van der Waals surface area contributed by atoms with Crippen LogP contribution in [0.4, 0.5) is 10.3 Å². The Hall–Kier alpha value is -1.84. The molecule has 0 aliphatic heterocycles. The van der Waals surface area contributed by atoms with Gasteiger partial charge in [-0.3, -0.25) is 0 Å². The van der Waals surface area contributed by atoms with Gasteiger partial charge < -0.3 is 9.88 Å². The second kappa shape index (κ2) is 5.21. The average Bonchev–Trinajstić information content (AvgIpc) is 2.78. The van der Waals surface area contributed by atoms with Gasteiger partial charge >= 0.3 is 0 Å². The zero-order valence-corrected chi connectivity index (χ0v) is 10.9. The third-order valence-electron chi connectivity index (χ3n) is 2.94. The van der Waals surface area contributed by atoms with Crippen LogP contribution in [0, 0.1) is 5.82 Å². The molecule has 2 aromatic rings. The quantitative estimate of drug-likeness (QED) is 0.891. The van der Waals surface area contributed by atoms with Crippen molar-refractivity contribution in [3.8, 4) is 0 Å². The topological polar surface area (TPSA) is 29.9 Å². The minimum atomic E-state index is -0.213. The maximum absolute atomic E-state index is 12.9. The third-order valence-corrected chi connectivity index (χ3v) is 2.94. The van der Waals surface area contributed by atoms with Crippen molar-refractivity contribution in [1.82, 2.24) is 9.55 Å². The van der Waals surface area contributed by atoms with Crippen LogP contribution in [0.3, 0.4) is 0 Å². The lowest BCUT2D eigenvalue weighted by molar-refractivity contribution is 0.600. The molecule has 0 aliphatic rings. The predicted octanol–water partition coefficient (Wildman–Crippen LogP) is 3.78. The molecule has 0 radical (unpaired) electrons. The highest BCUT2D eigenvalue weighted by molar-refractivity contribution is 5.33. The molecular weight excluding hydrogens is 229 g/mol. The van der Waals surface area contributed by atoms with Crippen LogP contribution in [-0.2, 0) is 0 Å². The zero-order chi connectivity index (χ0) is 13.1. The Morgan fingerprint density at radius 1 is 1.17 bits per heavy atom. The molecule has 1 unspecified atom stereocenters. The molecule has 1 N–H and O–H groups in total. The molecule has 0 spiro atoms. The summed E-state index contributed by atoms with van der Waals surface area (Å²) in [7, 11) is 0. The van der Waals surface area contributed by atoms with E-state index in [0.29, 0.717) is 6.04 Å². The lowest BCUT2D eigenvalue weighted by Crippen LogP contribution is -2.12. The molecule has 1 atom stereocenters. The van der Waals surface area contributed by atoms with Crippen molar-refractivity contribution in [1.29, 1.82) is 0 Å². The predicted molar refractivity (Wildman–Crippen MR) is 71.0 cm³/mol. The Labute approximate surface area is 107 Å². The summed E-state index contributed by atoms with van der Waals surface area (Å²) in [5, 5.41) is 3.34. The van der Waals surface area contributed by atoms with Crippen molar-refractivity contribution in [2.24, 2.45) is 0 Å². The van der Waals surface area contributed by atoms with Gasteiger partial charge in [0.05, 0.1) is 6.04 Å². The van der Waals surface area contributed by atoms with Crippen molar-refractivity contribution < 1.29 is 4.39 Å². The summed E-state index contributed by atoms with van der Waals surface area (Å²) in [4.78, 5) is 4.30. The average molecular weight is 247 g/mol. The first-order chi connectivity index (χ1) is 8.58. The highest BCUT2D eigenvalue weighted by Crippen LogP contribution is 2.20. The van der Waals surface area contributed by atoms with Gasteiger partial charge in [-0.05, 0) is 38.5 Å². The molecule has 4 heteroatoms. The Balaban J connectivity index is 2.13. The standard InChI is InChI=1S/C14H18FN3/c1-10(2)18-9-8-16-14(18)17-11(3)12-4-6-13(15)7-5-12/h4-11H,1-3H3,(H,16,17). The highest BCUT2D eigenvalue weighted by atomic mass is 19.1. The normalized spacial score (nSPS) is 12.7. The van der Waals surface area contributed by atoms with E-state index in [9.17, 15) is 4.39 Å². The minimum absolute atomic E-state index is 0.0884. The van der Waals surface area contributed by atoms with Gasteiger partial charge in [0.1, 0.15) is 5.82 Å². The van der Waals surface area contributed by atoms with E-state index in [4.69, 9.17) is 0 Å². The number of nitrogens with zero attached hydrogens (tertiary/aromatic N) is 2. The molecule has 1 aromatic carbocycles. The molecule has 0 saturated carbocycles. The summed E-state index contributed by atoms with van der Waals surface area (Å²) in [6.45, 7) is 6.25. The third kappa shape index (κ3) is 2.70. The van der Waals surface area contributed by atoms with E-state index in [1.54, 1.807) is 18.3 Å². The van der Waals surface area contributed by atoms with E-state index < -0.39 is 0 Å². The first kappa shape index (κ1) is 12.6. The van der Waals surface area contributed by atoms with Crippen LogP contribution in [0.15, 0.2) is 36.7 Å². The monoisotopic (exact) mass is 247 g/mol. The Morgan fingerprint density at radius 2 is 1.83 bits per heavy atom. The highest BCUT2D eigenvalue weighted by Gasteiger charge is 2.10. The second-order valence-corrected chi connectivity index (χ2v) is 4.67. The number of imidazole rings is 1. The SMILES string of the molecule is CC(Nc1nccn1C(C)C)c1ccc(F)cc1. The number of nitrogens with one attached hydrogen (secondary N) is 1. The van der Waals surface area contributed by atoms with Gasteiger partial charge in [0.2, 0.25) is 5.95 Å². The van der Waals surface area contributed by atoms with E-state index in [1.165, 1.54) is 12.1 Å². The summed E-state index contributed by atoms with van der Waals surface area (Å²) in [6, 6.07) is 6.97. The number of anilines is 1. The number of hydrogen-bond donors (Lipinski definition) is 1. The van der Waals surface area contributed by atoms with Crippen LogP contribution < -0.4 is 5.32 Å². The van der Waals surface area contributed by atoms with Crippen LogP contribution in [-0.4, -0.2) is 9.55 Å². The summed E-state index contributed by atoms with van der Waals surface area (Å²) >= 11 is 0. The summed E-state index contributed by atoms with van der Waals surface area (Å²) in [5.74, 6) is 0.622. The summed E-state index contributed by atoms with van der Waals surface area (Å²) in [5.41, 5.74) is 1.04. The maximum Gasteiger partial charge on any atom is 0.203 e. The molecule has 0 fully saturated rings. The Morgan fingerprint density at radius 3 is 2.44 bits per heavy atom. The first-order valence-electron chi connectivity index (χ1n) is 6.12. The van der Waals surface area contributed by atoms with E-state index in [0.717, 1.165) is 11.5 Å². The van der Waals surface area contributed by atoms with E-state index in [1.807, 2.05) is 13.1 Å². The fourth-order valence-corrected chi connectivity index (χ4v) is 1.87. The maximum atomic E-state index is 12.9. The molecule has 1 heterocycles. The summed E-state index contributed by atoms with van der Waals surface area (Å²) < 4.78 is 14.9. The van der Waals surface area contributed by atoms with Gasteiger partial charge in [-0.15, -0.1) is 0 Å².